The molecule has 0 unspecified atom stereocenters. The number of anilines is 1. The van der Waals surface area contributed by atoms with E-state index in [4.69, 9.17) is 19.2 Å². The average molecular weight is 576 g/mol. The summed E-state index contributed by atoms with van der Waals surface area (Å²) in [7, 11) is 1.68. The standard InChI is InChI=1S/C34H45N3O5/c1-22-19-24(9-12-28(22)40-8)13-18-41-25-10-11-27(36-20-25)26-21-35-23(2)29(31(32(38)39)42-33(3,4)5)30(26)37-16-14-34(6,7)15-17-37/h9-12,19-21,31H,13-18H2,1-8H3,(H,38,39)/t31-/m0/s1. The van der Waals surface area contributed by atoms with Crippen LogP contribution in [0.15, 0.2) is 42.7 Å². The third kappa shape index (κ3) is 7.59. The van der Waals surface area contributed by atoms with Gasteiger partial charge in [-0.25, -0.2) is 4.79 Å². The Balaban J connectivity index is 1.64. The van der Waals surface area contributed by atoms with Crippen molar-refractivity contribution in [1.82, 2.24) is 9.97 Å². The number of carboxylic acid groups (broad SMARTS) is 1. The molecule has 1 N–H and O–H groups in total. The monoisotopic (exact) mass is 575 g/mol. The zero-order valence-corrected chi connectivity index (χ0v) is 26.3. The smallest absolute Gasteiger partial charge is 0.337 e. The van der Waals surface area contributed by atoms with Crippen molar-refractivity contribution < 1.29 is 24.1 Å². The third-order valence-electron chi connectivity index (χ3n) is 7.81. The highest BCUT2D eigenvalue weighted by atomic mass is 16.5. The van der Waals surface area contributed by atoms with Crippen molar-refractivity contribution in [2.24, 2.45) is 5.41 Å². The van der Waals surface area contributed by atoms with E-state index in [1.54, 1.807) is 19.5 Å². The van der Waals surface area contributed by atoms with Crippen molar-refractivity contribution in [3.05, 3.63) is 65.1 Å². The zero-order chi connectivity index (χ0) is 30.7. The first-order chi connectivity index (χ1) is 19.8. The molecule has 42 heavy (non-hydrogen) atoms. The number of ether oxygens (including phenoxy) is 3. The number of benzene rings is 1. The Morgan fingerprint density at radius 2 is 1.79 bits per heavy atom. The maximum atomic E-state index is 12.6. The van der Waals surface area contributed by atoms with Crippen LogP contribution in [0.2, 0.25) is 0 Å². The maximum absolute atomic E-state index is 12.6. The highest BCUT2D eigenvalue weighted by molar-refractivity contribution is 5.85. The fourth-order valence-electron chi connectivity index (χ4n) is 5.38. The van der Waals surface area contributed by atoms with E-state index >= 15 is 0 Å². The van der Waals surface area contributed by atoms with Crippen LogP contribution in [-0.2, 0) is 16.0 Å². The van der Waals surface area contributed by atoms with E-state index in [1.165, 1.54) is 5.56 Å². The number of aliphatic carboxylic acids is 1. The van der Waals surface area contributed by atoms with Gasteiger partial charge in [-0.15, -0.1) is 0 Å². The van der Waals surface area contributed by atoms with E-state index in [1.807, 2.05) is 52.8 Å². The van der Waals surface area contributed by atoms with Gasteiger partial charge in [0.15, 0.2) is 6.10 Å². The molecule has 0 bridgehead atoms. The summed E-state index contributed by atoms with van der Waals surface area (Å²) in [5, 5.41) is 10.3. The van der Waals surface area contributed by atoms with Crippen LogP contribution in [0.1, 0.15) is 75.9 Å². The molecule has 8 nitrogen and oxygen atoms in total. The normalized spacial score (nSPS) is 15.8. The Morgan fingerprint density at radius 3 is 2.36 bits per heavy atom. The van der Waals surface area contributed by atoms with Crippen molar-refractivity contribution in [2.75, 3.05) is 31.7 Å². The van der Waals surface area contributed by atoms with Gasteiger partial charge in [-0.3, -0.25) is 9.97 Å². The molecule has 0 saturated carbocycles. The summed E-state index contributed by atoms with van der Waals surface area (Å²) in [5.74, 6) is 0.514. The molecule has 0 aliphatic carbocycles. The molecule has 2 aromatic heterocycles. The van der Waals surface area contributed by atoms with Gasteiger partial charge >= 0.3 is 5.97 Å². The van der Waals surface area contributed by atoms with Gasteiger partial charge in [-0.1, -0.05) is 26.0 Å². The lowest BCUT2D eigenvalue weighted by molar-refractivity contribution is -0.160. The fourth-order valence-corrected chi connectivity index (χ4v) is 5.38. The number of carbonyl (C=O) groups is 1. The van der Waals surface area contributed by atoms with Gasteiger partial charge in [-0.05, 0) is 82.2 Å². The van der Waals surface area contributed by atoms with Gasteiger partial charge in [0, 0.05) is 42.5 Å². The quantitative estimate of drug-likeness (QED) is 0.277. The molecular weight excluding hydrogens is 530 g/mol. The molecule has 3 aromatic rings. The Morgan fingerprint density at radius 1 is 1.07 bits per heavy atom. The summed E-state index contributed by atoms with van der Waals surface area (Å²) in [6.45, 7) is 16.2. The number of methoxy groups -OCH3 is 1. The van der Waals surface area contributed by atoms with Crippen LogP contribution in [0.5, 0.6) is 11.5 Å². The molecule has 1 atom stereocenters. The minimum Gasteiger partial charge on any atom is -0.496 e. The molecule has 1 saturated heterocycles. The Kier molecular flexibility index (Phi) is 9.46. The van der Waals surface area contributed by atoms with Crippen LogP contribution in [0.4, 0.5) is 5.69 Å². The summed E-state index contributed by atoms with van der Waals surface area (Å²) in [4.78, 5) is 24.3. The Labute approximate surface area is 250 Å². The van der Waals surface area contributed by atoms with Gasteiger partial charge in [0.2, 0.25) is 0 Å². The van der Waals surface area contributed by atoms with Crippen molar-refractivity contribution in [2.45, 2.75) is 79.4 Å². The minimum atomic E-state index is -1.16. The topological polar surface area (TPSA) is 94.0 Å². The Hall–Kier alpha value is -3.65. The number of piperidine rings is 1. The molecule has 1 aliphatic heterocycles. The number of aromatic nitrogens is 2. The van der Waals surface area contributed by atoms with E-state index in [9.17, 15) is 9.90 Å². The van der Waals surface area contributed by atoms with Crippen molar-refractivity contribution >= 4 is 11.7 Å². The predicted molar refractivity (Wildman–Crippen MR) is 166 cm³/mol. The number of pyridine rings is 2. The molecule has 0 radical (unpaired) electrons. The Bertz CT molecular complexity index is 1390. The van der Waals surface area contributed by atoms with Crippen molar-refractivity contribution in [3.8, 4) is 22.8 Å². The second-order valence-corrected chi connectivity index (χ2v) is 12.9. The lowest BCUT2D eigenvalue weighted by Gasteiger charge is -2.40. The van der Waals surface area contributed by atoms with Gasteiger partial charge in [-0.2, -0.15) is 0 Å². The fraction of sp³-hybridized carbons (Fsp3) is 0.500. The number of aryl methyl sites for hydroxylation is 2. The van der Waals surface area contributed by atoms with Crippen LogP contribution >= 0.6 is 0 Å². The summed E-state index contributed by atoms with van der Waals surface area (Å²) >= 11 is 0. The van der Waals surface area contributed by atoms with E-state index in [2.05, 4.69) is 35.9 Å². The number of carboxylic acids is 1. The average Bonchev–Trinajstić information content (AvgIpc) is 2.92. The highest BCUT2D eigenvalue weighted by Gasteiger charge is 2.36. The molecular formula is C34H45N3O5. The molecule has 226 valence electrons. The summed E-state index contributed by atoms with van der Waals surface area (Å²) in [6.07, 6.45) is 5.12. The number of nitrogens with zero attached hydrogens (tertiary/aromatic N) is 3. The van der Waals surface area contributed by atoms with E-state index < -0.39 is 17.7 Å². The molecule has 1 aliphatic rings. The van der Waals surface area contributed by atoms with Gasteiger partial charge in [0.05, 0.1) is 36.9 Å². The SMILES string of the molecule is COc1ccc(CCOc2ccc(-c3cnc(C)c([C@H](OC(C)(C)C)C(=O)O)c3N3CCC(C)(C)CC3)nc2)cc1C. The molecule has 0 spiro atoms. The van der Waals surface area contributed by atoms with Crippen molar-refractivity contribution in [3.63, 3.8) is 0 Å². The van der Waals surface area contributed by atoms with Crippen LogP contribution in [0.25, 0.3) is 11.3 Å². The number of hydrogen-bond donors (Lipinski definition) is 1. The van der Waals surface area contributed by atoms with Gasteiger partial charge in [0.1, 0.15) is 11.5 Å². The molecule has 1 aromatic carbocycles. The van der Waals surface area contributed by atoms with Crippen LogP contribution < -0.4 is 14.4 Å². The lowest BCUT2D eigenvalue weighted by atomic mass is 9.82. The van der Waals surface area contributed by atoms with E-state index in [0.29, 0.717) is 29.3 Å². The first-order valence-corrected chi connectivity index (χ1v) is 14.7. The van der Waals surface area contributed by atoms with Crippen molar-refractivity contribution in [1.29, 1.82) is 0 Å². The highest BCUT2D eigenvalue weighted by Crippen LogP contribution is 2.43. The zero-order valence-electron chi connectivity index (χ0n) is 26.3. The number of rotatable bonds is 10. The summed E-state index contributed by atoms with van der Waals surface area (Å²) in [6, 6.07) is 9.97. The largest absolute Gasteiger partial charge is 0.496 e. The second kappa shape index (κ2) is 12.7. The molecule has 3 heterocycles. The van der Waals surface area contributed by atoms with Gasteiger partial charge in [0.25, 0.3) is 0 Å². The molecule has 8 heteroatoms. The summed E-state index contributed by atoms with van der Waals surface area (Å²) < 4.78 is 17.5. The first kappa shape index (κ1) is 31.3. The van der Waals surface area contributed by atoms with Crippen LogP contribution in [0.3, 0.4) is 0 Å². The van der Waals surface area contributed by atoms with Crippen LogP contribution in [-0.4, -0.2) is 53.5 Å². The lowest BCUT2D eigenvalue weighted by Crippen LogP contribution is -2.39. The molecule has 0 amide bonds. The molecule has 4 rings (SSSR count). The van der Waals surface area contributed by atoms with Crippen LogP contribution in [0, 0.1) is 19.3 Å². The predicted octanol–water partition coefficient (Wildman–Crippen LogP) is 6.96. The minimum absolute atomic E-state index is 0.231. The molecule has 1 fully saturated rings. The van der Waals surface area contributed by atoms with E-state index in [-0.39, 0.29) is 5.41 Å². The number of hydrogen-bond acceptors (Lipinski definition) is 7. The first-order valence-electron chi connectivity index (χ1n) is 14.7. The third-order valence-corrected chi connectivity index (χ3v) is 7.81. The summed E-state index contributed by atoms with van der Waals surface area (Å²) in [5.41, 5.74) is 5.42. The second-order valence-electron chi connectivity index (χ2n) is 12.9. The van der Waals surface area contributed by atoms with Gasteiger partial charge < -0.3 is 24.2 Å². The maximum Gasteiger partial charge on any atom is 0.337 e. The van der Waals surface area contributed by atoms with E-state index in [0.717, 1.165) is 54.9 Å².